The van der Waals surface area contributed by atoms with Crippen LogP contribution in [0.25, 0.3) is 0 Å². The molecule has 2 fully saturated rings. The summed E-state index contributed by atoms with van der Waals surface area (Å²) in [5.41, 5.74) is 0. The van der Waals surface area contributed by atoms with Crippen LogP contribution in [0.3, 0.4) is 0 Å². The Morgan fingerprint density at radius 2 is 0.873 bits per heavy atom. The third-order valence-corrected chi connectivity index (χ3v) is 11.5. The summed E-state index contributed by atoms with van der Waals surface area (Å²) < 4.78 is 34.2. The van der Waals surface area contributed by atoms with Crippen molar-refractivity contribution < 1.29 is 69.0 Å². The minimum Gasteiger partial charge on any atom is -0.457 e. The first-order valence-corrected chi connectivity index (χ1v) is 26.1. The van der Waals surface area contributed by atoms with E-state index >= 15 is 0 Å². The fourth-order valence-corrected chi connectivity index (χ4v) is 7.28. The summed E-state index contributed by atoms with van der Waals surface area (Å²) in [6.07, 6.45) is 42.7. The van der Waals surface area contributed by atoms with Gasteiger partial charge in [-0.1, -0.05) is 142 Å². The third kappa shape index (κ3) is 30.3. The zero-order chi connectivity index (χ0) is 51.6. The number of carbonyl (C=O) groups is 1. The molecule has 0 aromatic carbocycles. The number of hydrogen-bond acceptors (Lipinski definition) is 14. The van der Waals surface area contributed by atoms with Crippen molar-refractivity contribution >= 4 is 5.97 Å². The van der Waals surface area contributed by atoms with E-state index in [0.29, 0.717) is 13.0 Å². The number of unbranched alkanes of at least 4 members (excludes halogenated alkanes) is 5. The number of carbonyl (C=O) groups excluding carboxylic acids is 1. The van der Waals surface area contributed by atoms with Crippen LogP contribution in [0, 0.1) is 0 Å². The van der Waals surface area contributed by atoms with Gasteiger partial charge in [-0.25, -0.2) is 0 Å². The van der Waals surface area contributed by atoms with Crippen LogP contribution in [0.1, 0.15) is 129 Å². The standard InChI is InChI=1S/C57H90O14/c1-3-5-7-9-11-13-15-17-18-19-20-21-22-23-24-25-26-27-29-31-33-35-37-39-41-66-43-46(69-49(59)40-38-36-34-32-30-28-16-14-12-10-8-6-4-2)44-67-56-55(65)53(63)51(61)48(71-56)45-68-57-54(64)52(62)50(60)47(42-58)70-57/h5-8,11-14,17-18,20-21,23-24,26-28,30-31,33,46-48,50-58,60-65H,3-4,9-10,15-16,19,22,25,29,32,34-45H2,1-2H3/b7-5-,8-6-,13-11-,14-12-,18-17-,21-20-,24-23-,27-26-,30-28-,33-31-. The van der Waals surface area contributed by atoms with Crippen LogP contribution in [0.4, 0.5) is 0 Å². The highest BCUT2D eigenvalue weighted by atomic mass is 16.7. The number of ether oxygens (including phenoxy) is 6. The number of rotatable bonds is 39. The Hall–Kier alpha value is -3.61. The van der Waals surface area contributed by atoms with Crippen molar-refractivity contribution in [3.05, 3.63) is 122 Å². The molecule has 14 nitrogen and oxygen atoms in total. The zero-order valence-corrected chi connectivity index (χ0v) is 42.6. The normalized spacial score (nSPS) is 26.3. The zero-order valence-electron chi connectivity index (χ0n) is 42.6. The SMILES string of the molecule is CC/C=C\C/C=C\C/C=C\C/C=C\C/C=C\C/C=C\C/C=C\CCCCOCC(COC1OC(COC2OC(CO)C(O)C(O)C2O)C(O)C(O)C1O)OC(=O)CCCCC/C=C\C/C=C\C/C=C\CC. The predicted octanol–water partition coefficient (Wildman–Crippen LogP) is 8.18. The van der Waals surface area contributed by atoms with Gasteiger partial charge in [-0.3, -0.25) is 4.79 Å². The fraction of sp³-hybridized carbons (Fsp3) is 0.632. The summed E-state index contributed by atoms with van der Waals surface area (Å²) in [7, 11) is 0. The smallest absolute Gasteiger partial charge is 0.306 e. The van der Waals surface area contributed by atoms with Gasteiger partial charge in [0.2, 0.25) is 0 Å². The molecule has 2 aliphatic rings. The molecule has 0 saturated carbocycles. The molecule has 0 spiro atoms. The minimum absolute atomic E-state index is 0.00996. The van der Waals surface area contributed by atoms with Gasteiger partial charge in [-0.05, 0) is 103 Å². The first-order valence-electron chi connectivity index (χ1n) is 26.1. The molecule has 0 aliphatic carbocycles. The number of hydrogen-bond donors (Lipinski definition) is 7. The van der Waals surface area contributed by atoms with E-state index in [1.165, 1.54) is 0 Å². The number of aliphatic hydroxyl groups is 7. The number of aliphatic hydroxyl groups excluding tert-OH is 7. The molecule has 11 atom stereocenters. The Labute approximate surface area is 425 Å². The highest BCUT2D eigenvalue weighted by molar-refractivity contribution is 5.69. The molecule has 2 saturated heterocycles. The Morgan fingerprint density at radius 1 is 0.465 bits per heavy atom. The lowest BCUT2D eigenvalue weighted by molar-refractivity contribution is -0.332. The molecular weight excluding hydrogens is 909 g/mol. The van der Waals surface area contributed by atoms with E-state index in [1.54, 1.807) is 0 Å². The van der Waals surface area contributed by atoms with Crippen LogP contribution in [0.5, 0.6) is 0 Å². The molecule has 2 heterocycles. The van der Waals surface area contributed by atoms with Gasteiger partial charge >= 0.3 is 5.97 Å². The van der Waals surface area contributed by atoms with Gasteiger partial charge < -0.3 is 64.2 Å². The molecular formula is C57H90O14. The summed E-state index contributed by atoms with van der Waals surface area (Å²) >= 11 is 0. The summed E-state index contributed by atoms with van der Waals surface area (Å²) in [5.74, 6) is -0.427. The summed E-state index contributed by atoms with van der Waals surface area (Å²) in [6.45, 7) is 3.25. The quantitative estimate of drug-likeness (QED) is 0.0176. The highest BCUT2D eigenvalue weighted by Crippen LogP contribution is 2.26. The Balaban J connectivity index is 1.78. The van der Waals surface area contributed by atoms with Crippen LogP contribution in [-0.2, 0) is 33.2 Å². The van der Waals surface area contributed by atoms with Gasteiger partial charge in [0.25, 0.3) is 0 Å². The van der Waals surface area contributed by atoms with Crippen molar-refractivity contribution in [3.63, 3.8) is 0 Å². The molecule has 2 rings (SSSR count). The Kier molecular flexibility index (Phi) is 38.3. The molecule has 0 amide bonds. The van der Waals surface area contributed by atoms with Crippen LogP contribution < -0.4 is 0 Å². The molecule has 2 aliphatic heterocycles. The number of allylic oxidation sites excluding steroid dienone is 20. The average Bonchev–Trinajstić information content (AvgIpc) is 3.37. The van der Waals surface area contributed by atoms with Crippen molar-refractivity contribution in [2.45, 2.75) is 197 Å². The summed E-state index contributed by atoms with van der Waals surface area (Å²) in [6, 6.07) is 0. The fourth-order valence-electron chi connectivity index (χ4n) is 7.28. The second-order valence-electron chi connectivity index (χ2n) is 17.6. The molecule has 0 bridgehead atoms. The molecule has 0 aromatic rings. The molecule has 14 heteroatoms. The van der Waals surface area contributed by atoms with Crippen molar-refractivity contribution in [1.82, 2.24) is 0 Å². The van der Waals surface area contributed by atoms with Gasteiger partial charge in [-0.2, -0.15) is 0 Å². The molecule has 7 N–H and O–H groups in total. The molecule has 71 heavy (non-hydrogen) atoms. The average molecular weight is 999 g/mol. The largest absolute Gasteiger partial charge is 0.457 e. The maximum atomic E-state index is 13.0. The van der Waals surface area contributed by atoms with E-state index in [9.17, 15) is 40.5 Å². The van der Waals surface area contributed by atoms with Crippen LogP contribution in [0.15, 0.2) is 122 Å². The molecule has 402 valence electrons. The Bertz CT molecular complexity index is 1630. The first kappa shape index (κ1) is 63.5. The second-order valence-corrected chi connectivity index (χ2v) is 17.6. The molecule has 11 unspecified atom stereocenters. The second kappa shape index (κ2) is 42.9. The summed E-state index contributed by atoms with van der Waals surface area (Å²) in [4.78, 5) is 13.0. The van der Waals surface area contributed by atoms with E-state index in [0.717, 1.165) is 103 Å². The monoisotopic (exact) mass is 999 g/mol. The van der Waals surface area contributed by atoms with Gasteiger partial charge in [0.05, 0.1) is 26.4 Å². The van der Waals surface area contributed by atoms with E-state index in [1.807, 2.05) is 0 Å². The van der Waals surface area contributed by atoms with Crippen molar-refractivity contribution in [2.75, 3.05) is 33.0 Å². The van der Waals surface area contributed by atoms with Gasteiger partial charge in [-0.15, -0.1) is 0 Å². The highest BCUT2D eigenvalue weighted by Gasteiger charge is 2.47. The number of esters is 1. The van der Waals surface area contributed by atoms with Gasteiger partial charge in [0.15, 0.2) is 12.6 Å². The summed E-state index contributed by atoms with van der Waals surface area (Å²) in [5, 5.41) is 72.1. The Morgan fingerprint density at radius 3 is 1.34 bits per heavy atom. The topological polar surface area (TPSA) is 214 Å². The van der Waals surface area contributed by atoms with E-state index in [-0.39, 0.29) is 19.6 Å². The molecule has 0 radical (unpaired) electrons. The molecule has 0 aromatic heterocycles. The predicted molar refractivity (Wildman–Crippen MR) is 279 cm³/mol. The van der Waals surface area contributed by atoms with E-state index < -0.39 is 86.7 Å². The lowest BCUT2D eigenvalue weighted by Crippen LogP contribution is -2.61. The maximum absolute atomic E-state index is 13.0. The van der Waals surface area contributed by atoms with Crippen molar-refractivity contribution in [3.8, 4) is 0 Å². The lowest BCUT2D eigenvalue weighted by Gasteiger charge is -2.42. The van der Waals surface area contributed by atoms with Gasteiger partial charge in [0.1, 0.15) is 54.9 Å². The van der Waals surface area contributed by atoms with E-state index in [2.05, 4.69) is 135 Å². The van der Waals surface area contributed by atoms with Crippen molar-refractivity contribution in [1.29, 1.82) is 0 Å². The first-order chi connectivity index (χ1) is 34.6. The van der Waals surface area contributed by atoms with Crippen LogP contribution in [0.2, 0.25) is 0 Å². The van der Waals surface area contributed by atoms with Crippen LogP contribution >= 0.6 is 0 Å². The van der Waals surface area contributed by atoms with Crippen LogP contribution in [-0.4, -0.2) is 142 Å². The lowest BCUT2D eigenvalue weighted by atomic mass is 9.98. The van der Waals surface area contributed by atoms with E-state index in [4.69, 9.17) is 28.4 Å². The maximum Gasteiger partial charge on any atom is 0.306 e. The third-order valence-electron chi connectivity index (χ3n) is 11.5. The van der Waals surface area contributed by atoms with Crippen molar-refractivity contribution in [2.24, 2.45) is 0 Å². The minimum atomic E-state index is -1.73. The van der Waals surface area contributed by atoms with Gasteiger partial charge in [0, 0.05) is 13.0 Å².